The predicted octanol–water partition coefficient (Wildman–Crippen LogP) is 4.27. The number of benzene rings is 2. The Bertz CT molecular complexity index is 925. The second-order valence-corrected chi connectivity index (χ2v) is 6.09. The van der Waals surface area contributed by atoms with Crippen LogP contribution in [0.2, 0.25) is 0 Å². The molecule has 7 nitrogen and oxygen atoms in total. The summed E-state index contributed by atoms with van der Waals surface area (Å²) in [6.07, 6.45) is 1.46. The van der Waals surface area contributed by atoms with E-state index in [4.69, 9.17) is 4.74 Å². The predicted molar refractivity (Wildman–Crippen MR) is 102 cm³/mol. The van der Waals surface area contributed by atoms with Crippen molar-refractivity contribution in [2.75, 3.05) is 12.4 Å². The number of carbonyl (C=O) groups is 1. The van der Waals surface area contributed by atoms with E-state index in [1.165, 1.54) is 31.4 Å². The van der Waals surface area contributed by atoms with Crippen molar-refractivity contribution in [1.82, 2.24) is 0 Å². The largest absolute Gasteiger partial charge is 0.495 e. The third-order valence-corrected chi connectivity index (χ3v) is 3.92. The Kier molecular flexibility index (Phi) is 6.28. The highest BCUT2D eigenvalue weighted by Crippen LogP contribution is 2.29. The summed E-state index contributed by atoms with van der Waals surface area (Å²) in [7, 11) is 1.38. The number of carbonyl (C=O) groups excluding carboxylic acids is 1. The van der Waals surface area contributed by atoms with E-state index in [1.807, 2.05) is 30.3 Å². The molecule has 0 fully saturated rings. The fraction of sp³-hybridized carbons (Fsp3) is 0.200. The topological polar surface area (TPSA) is 105 Å². The van der Waals surface area contributed by atoms with Gasteiger partial charge in [0, 0.05) is 12.1 Å². The van der Waals surface area contributed by atoms with Crippen LogP contribution in [-0.4, -0.2) is 17.9 Å². The van der Waals surface area contributed by atoms with Crippen LogP contribution in [0.4, 0.5) is 11.4 Å². The number of hydrogen-bond acceptors (Lipinski definition) is 5. The minimum atomic E-state index is -0.677. The van der Waals surface area contributed by atoms with Crippen LogP contribution >= 0.6 is 0 Å². The zero-order valence-corrected chi connectivity index (χ0v) is 15.2. The monoisotopic (exact) mass is 365 g/mol. The fourth-order valence-corrected chi connectivity index (χ4v) is 2.39. The minimum Gasteiger partial charge on any atom is -0.495 e. The number of nitrogens with one attached hydrogen (secondary N) is 1. The number of amides is 1. The lowest BCUT2D eigenvalue weighted by Crippen LogP contribution is -2.14. The van der Waals surface area contributed by atoms with Gasteiger partial charge in [0.25, 0.3) is 11.6 Å². The zero-order chi connectivity index (χ0) is 20.0. The molecule has 0 aliphatic rings. The standard InChI is InChI=1S/C20H19N3O4/c1-13(2)15-6-4-14(5-7-15)10-16(12-21)20(24)22-18-11-17(23(25)26)8-9-19(18)27-3/h4-11,13H,1-3H3,(H,22,24). The van der Waals surface area contributed by atoms with Crippen molar-refractivity contribution in [2.24, 2.45) is 0 Å². The summed E-state index contributed by atoms with van der Waals surface area (Å²) in [4.78, 5) is 22.8. The molecule has 138 valence electrons. The quantitative estimate of drug-likeness (QED) is 0.356. The lowest BCUT2D eigenvalue weighted by Gasteiger charge is -2.09. The van der Waals surface area contributed by atoms with E-state index >= 15 is 0 Å². The van der Waals surface area contributed by atoms with Gasteiger partial charge in [0.15, 0.2) is 0 Å². The van der Waals surface area contributed by atoms with Crippen molar-refractivity contribution < 1.29 is 14.5 Å². The van der Waals surface area contributed by atoms with Gasteiger partial charge in [-0.1, -0.05) is 38.1 Å². The summed E-state index contributed by atoms with van der Waals surface area (Å²) >= 11 is 0. The van der Waals surface area contributed by atoms with Crippen LogP contribution in [0.5, 0.6) is 5.75 Å². The lowest BCUT2D eigenvalue weighted by atomic mass is 10.0. The van der Waals surface area contributed by atoms with E-state index < -0.39 is 10.8 Å². The Morgan fingerprint density at radius 2 is 1.93 bits per heavy atom. The lowest BCUT2D eigenvalue weighted by molar-refractivity contribution is -0.384. The van der Waals surface area contributed by atoms with Gasteiger partial charge in [-0.15, -0.1) is 0 Å². The van der Waals surface area contributed by atoms with E-state index in [1.54, 1.807) is 0 Å². The number of methoxy groups -OCH3 is 1. The Morgan fingerprint density at radius 1 is 1.26 bits per heavy atom. The van der Waals surface area contributed by atoms with Crippen LogP contribution in [0.3, 0.4) is 0 Å². The average molecular weight is 365 g/mol. The maximum Gasteiger partial charge on any atom is 0.271 e. The number of ether oxygens (including phenoxy) is 1. The molecule has 0 atom stereocenters. The molecule has 0 radical (unpaired) electrons. The summed E-state index contributed by atoms with van der Waals surface area (Å²) in [5.74, 6) is -0.0418. The van der Waals surface area contributed by atoms with Crippen molar-refractivity contribution >= 4 is 23.4 Å². The van der Waals surface area contributed by atoms with E-state index in [2.05, 4.69) is 19.2 Å². The fourth-order valence-electron chi connectivity index (χ4n) is 2.39. The molecule has 0 bridgehead atoms. The van der Waals surface area contributed by atoms with Gasteiger partial charge in [0.2, 0.25) is 0 Å². The number of nitro benzene ring substituents is 1. The van der Waals surface area contributed by atoms with Crippen molar-refractivity contribution in [3.8, 4) is 11.8 Å². The van der Waals surface area contributed by atoms with Crippen LogP contribution in [0.15, 0.2) is 48.0 Å². The maximum absolute atomic E-state index is 12.4. The first-order valence-corrected chi connectivity index (χ1v) is 8.21. The molecule has 1 N–H and O–H groups in total. The SMILES string of the molecule is COc1ccc([N+](=O)[O-])cc1NC(=O)C(C#N)=Cc1ccc(C(C)C)cc1. The maximum atomic E-state index is 12.4. The van der Waals surface area contributed by atoms with Crippen molar-refractivity contribution in [3.05, 3.63) is 69.3 Å². The Balaban J connectivity index is 2.28. The summed E-state index contributed by atoms with van der Waals surface area (Å²) in [5, 5.41) is 22.8. The van der Waals surface area contributed by atoms with Gasteiger partial charge in [0.1, 0.15) is 17.4 Å². The van der Waals surface area contributed by atoms with Crippen LogP contribution in [-0.2, 0) is 4.79 Å². The molecule has 0 saturated carbocycles. The third kappa shape index (κ3) is 4.92. The number of non-ortho nitro benzene ring substituents is 1. The van der Waals surface area contributed by atoms with Gasteiger partial charge in [-0.3, -0.25) is 14.9 Å². The first kappa shape index (κ1) is 19.7. The Labute approximate surface area is 157 Å². The molecule has 0 heterocycles. The molecule has 1 amide bonds. The molecule has 0 spiro atoms. The van der Waals surface area contributed by atoms with E-state index in [0.717, 1.165) is 5.56 Å². The van der Waals surface area contributed by atoms with Crippen LogP contribution in [0, 0.1) is 21.4 Å². The molecular formula is C20H19N3O4. The first-order chi connectivity index (χ1) is 12.8. The first-order valence-electron chi connectivity index (χ1n) is 8.21. The Morgan fingerprint density at radius 3 is 2.44 bits per heavy atom. The van der Waals surface area contributed by atoms with Crippen molar-refractivity contribution in [1.29, 1.82) is 5.26 Å². The smallest absolute Gasteiger partial charge is 0.271 e. The van der Waals surface area contributed by atoms with Gasteiger partial charge >= 0.3 is 0 Å². The van der Waals surface area contributed by atoms with Crippen LogP contribution < -0.4 is 10.1 Å². The van der Waals surface area contributed by atoms with E-state index in [9.17, 15) is 20.2 Å². The van der Waals surface area contributed by atoms with E-state index in [-0.39, 0.29) is 22.7 Å². The van der Waals surface area contributed by atoms with Crippen molar-refractivity contribution in [3.63, 3.8) is 0 Å². The summed E-state index contributed by atoms with van der Waals surface area (Å²) in [6, 6.07) is 13.2. The summed E-state index contributed by atoms with van der Waals surface area (Å²) < 4.78 is 5.11. The molecule has 0 aromatic heterocycles. The highest BCUT2D eigenvalue weighted by molar-refractivity contribution is 6.10. The highest BCUT2D eigenvalue weighted by atomic mass is 16.6. The molecule has 27 heavy (non-hydrogen) atoms. The van der Waals surface area contributed by atoms with Crippen molar-refractivity contribution in [2.45, 2.75) is 19.8 Å². The highest BCUT2D eigenvalue weighted by Gasteiger charge is 2.16. The summed E-state index contributed by atoms with van der Waals surface area (Å²) in [5.41, 5.74) is 1.65. The number of nitro groups is 1. The second kappa shape index (κ2) is 8.63. The molecular weight excluding hydrogens is 346 g/mol. The number of rotatable bonds is 6. The molecule has 2 aromatic carbocycles. The van der Waals surface area contributed by atoms with Crippen LogP contribution in [0.1, 0.15) is 30.9 Å². The van der Waals surface area contributed by atoms with Gasteiger partial charge in [-0.05, 0) is 29.2 Å². The number of hydrogen-bond donors (Lipinski definition) is 1. The second-order valence-electron chi connectivity index (χ2n) is 6.09. The number of nitriles is 1. The van der Waals surface area contributed by atoms with Gasteiger partial charge in [0.05, 0.1) is 17.7 Å². The Hall–Kier alpha value is -3.66. The molecule has 0 unspecified atom stereocenters. The molecule has 2 aromatic rings. The van der Waals surface area contributed by atoms with Gasteiger partial charge in [-0.2, -0.15) is 5.26 Å². The number of nitrogens with zero attached hydrogens (tertiary/aromatic N) is 2. The normalized spacial score (nSPS) is 11.0. The van der Waals surface area contributed by atoms with Gasteiger partial charge < -0.3 is 10.1 Å². The van der Waals surface area contributed by atoms with Gasteiger partial charge in [-0.25, -0.2) is 0 Å². The summed E-state index contributed by atoms with van der Waals surface area (Å²) in [6.45, 7) is 4.15. The number of anilines is 1. The molecule has 7 heteroatoms. The van der Waals surface area contributed by atoms with E-state index in [0.29, 0.717) is 11.5 Å². The molecule has 0 saturated heterocycles. The molecule has 0 aliphatic heterocycles. The van der Waals surface area contributed by atoms with Crippen LogP contribution in [0.25, 0.3) is 6.08 Å². The third-order valence-electron chi connectivity index (χ3n) is 3.92. The minimum absolute atomic E-state index is 0.119. The zero-order valence-electron chi connectivity index (χ0n) is 15.2. The molecule has 2 rings (SSSR count). The molecule has 0 aliphatic carbocycles. The average Bonchev–Trinajstić information content (AvgIpc) is 2.66.